The zero-order chi connectivity index (χ0) is 12.7. The Balaban J connectivity index is 3.79. The molecule has 16 heavy (non-hydrogen) atoms. The van der Waals surface area contributed by atoms with Gasteiger partial charge in [0.1, 0.15) is 9.79 Å². The fourth-order valence-corrected chi connectivity index (χ4v) is 4.18. The first kappa shape index (κ1) is 13.9. The minimum atomic E-state index is -4.25. The molecule has 0 saturated carbocycles. The van der Waals surface area contributed by atoms with Crippen molar-refractivity contribution in [3.05, 3.63) is 17.2 Å². The molecule has 2 N–H and O–H groups in total. The van der Waals surface area contributed by atoms with E-state index in [2.05, 4.69) is 0 Å². The molecule has 90 valence electrons. The highest BCUT2D eigenvalue weighted by atomic mass is 35.7. The Bertz CT molecular complexity index is 638. The van der Waals surface area contributed by atoms with Gasteiger partial charge in [-0.15, -0.1) is 0 Å². The molecular formula is C6H4Cl3NO4S2. The zero-order valence-corrected chi connectivity index (χ0v) is 11.2. The second-order valence-electron chi connectivity index (χ2n) is 2.67. The van der Waals surface area contributed by atoms with Crippen LogP contribution in [-0.4, -0.2) is 16.8 Å². The van der Waals surface area contributed by atoms with Crippen molar-refractivity contribution in [2.75, 3.05) is 5.73 Å². The summed E-state index contributed by atoms with van der Waals surface area (Å²) in [6.45, 7) is 0. The predicted molar refractivity (Wildman–Crippen MR) is 61.9 cm³/mol. The standard InChI is InChI=1S/C6H4Cl3NO4S2/c7-5-4(15(8,11)12)2-1-3(10)6(5)16(9,13)14/h1-2H,10H2. The van der Waals surface area contributed by atoms with Crippen LogP contribution >= 0.6 is 33.0 Å². The van der Waals surface area contributed by atoms with Crippen molar-refractivity contribution in [1.82, 2.24) is 0 Å². The number of halogens is 3. The van der Waals surface area contributed by atoms with E-state index in [1.54, 1.807) is 0 Å². The van der Waals surface area contributed by atoms with Gasteiger partial charge in [0, 0.05) is 21.4 Å². The maximum Gasteiger partial charge on any atom is 0.264 e. The van der Waals surface area contributed by atoms with Crippen LogP contribution in [0.25, 0.3) is 0 Å². The van der Waals surface area contributed by atoms with Gasteiger partial charge in [-0.3, -0.25) is 0 Å². The summed E-state index contributed by atoms with van der Waals surface area (Å²) in [6, 6.07) is 2.03. The maximum atomic E-state index is 11.1. The molecule has 10 heteroatoms. The third-order valence-corrected chi connectivity index (χ3v) is 4.97. The summed E-state index contributed by atoms with van der Waals surface area (Å²) < 4.78 is 44.3. The molecule has 0 aliphatic heterocycles. The van der Waals surface area contributed by atoms with E-state index in [9.17, 15) is 16.8 Å². The molecule has 1 rings (SSSR count). The average Bonchev–Trinajstić information content (AvgIpc) is 1.97. The summed E-state index contributed by atoms with van der Waals surface area (Å²) in [6.07, 6.45) is 0. The SMILES string of the molecule is Nc1ccc(S(=O)(=O)Cl)c(Cl)c1S(=O)(=O)Cl. The molecule has 0 atom stereocenters. The fraction of sp³-hybridized carbons (Fsp3) is 0. The minimum Gasteiger partial charge on any atom is -0.398 e. The molecule has 5 nitrogen and oxygen atoms in total. The van der Waals surface area contributed by atoms with Crippen molar-refractivity contribution in [2.24, 2.45) is 0 Å². The Kier molecular flexibility index (Phi) is 3.66. The Morgan fingerprint density at radius 3 is 1.88 bits per heavy atom. The Morgan fingerprint density at radius 1 is 1.00 bits per heavy atom. The lowest BCUT2D eigenvalue weighted by atomic mass is 10.3. The van der Waals surface area contributed by atoms with Crippen LogP contribution in [0.1, 0.15) is 0 Å². The molecule has 1 aromatic rings. The number of rotatable bonds is 2. The smallest absolute Gasteiger partial charge is 0.264 e. The molecule has 0 fully saturated rings. The molecule has 0 heterocycles. The Hall–Kier alpha value is -0.210. The molecule has 1 aromatic carbocycles. The summed E-state index contributed by atoms with van der Waals surface area (Å²) >= 11 is 5.58. The molecule has 0 unspecified atom stereocenters. The van der Waals surface area contributed by atoms with E-state index in [1.807, 2.05) is 0 Å². The normalized spacial score (nSPS) is 12.7. The number of anilines is 1. The number of nitrogen functional groups attached to an aromatic ring is 1. The maximum absolute atomic E-state index is 11.1. The zero-order valence-electron chi connectivity index (χ0n) is 7.32. The predicted octanol–water partition coefficient (Wildman–Crippen LogP) is 1.78. The quantitative estimate of drug-likeness (QED) is 0.661. The molecule has 0 spiro atoms. The van der Waals surface area contributed by atoms with Gasteiger partial charge in [-0.05, 0) is 12.1 Å². The summed E-state index contributed by atoms with van der Waals surface area (Å²) in [4.78, 5) is -1.23. The van der Waals surface area contributed by atoms with Crippen LogP contribution < -0.4 is 5.73 Å². The fourth-order valence-electron chi connectivity index (χ4n) is 0.989. The Labute approximate surface area is 106 Å². The van der Waals surface area contributed by atoms with Crippen molar-refractivity contribution in [3.63, 3.8) is 0 Å². The van der Waals surface area contributed by atoms with E-state index in [0.29, 0.717) is 0 Å². The van der Waals surface area contributed by atoms with Gasteiger partial charge in [0.05, 0.1) is 10.7 Å². The number of benzene rings is 1. The van der Waals surface area contributed by atoms with E-state index in [0.717, 1.165) is 12.1 Å². The van der Waals surface area contributed by atoms with E-state index >= 15 is 0 Å². The molecule has 0 radical (unpaired) electrons. The molecule has 0 aliphatic rings. The van der Waals surface area contributed by atoms with Gasteiger partial charge in [-0.25, -0.2) is 16.8 Å². The van der Waals surface area contributed by atoms with Crippen LogP contribution in [0.5, 0.6) is 0 Å². The molecule has 0 amide bonds. The lowest BCUT2D eigenvalue weighted by Gasteiger charge is -2.07. The van der Waals surface area contributed by atoms with E-state index in [4.69, 9.17) is 38.7 Å². The van der Waals surface area contributed by atoms with Gasteiger partial charge in [0.2, 0.25) is 0 Å². The Morgan fingerprint density at radius 2 is 1.50 bits per heavy atom. The summed E-state index contributed by atoms with van der Waals surface area (Å²) in [5, 5.41) is -0.620. The van der Waals surface area contributed by atoms with Crippen molar-refractivity contribution in [3.8, 4) is 0 Å². The minimum absolute atomic E-state index is 0.260. The third-order valence-electron chi connectivity index (χ3n) is 1.60. The monoisotopic (exact) mass is 323 g/mol. The molecule has 0 aromatic heterocycles. The van der Waals surface area contributed by atoms with Crippen molar-refractivity contribution in [1.29, 1.82) is 0 Å². The second kappa shape index (κ2) is 4.23. The van der Waals surface area contributed by atoms with Gasteiger partial charge < -0.3 is 5.73 Å². The number of nitrogens with two attached hydrogens (primary N) is 1. The van der Waals surface area contributed by atoms with Crippen LogP contribution in [-0.2, 0) is 18.1 Å². The molecule has 0 bridgehead atoms. The highest BCUT2D eigenvalue weighted by Gasteiger charge is 2.25. The highest BCUT2D eigenvalue weighted by molar-refractivity contribution is 8.14. The van der Waals surface area contributed by atoms with Crippen LogP contribution in [0.2, 0.25) is 5.02 Å². The first-order valence-corrected chi connectivity index (χ1v) is 8.52. The van der Waals surface area contributed by atoms with Gasteiger partial charge in [0.25, 0.3) is 18.1 Å². The first-order valence-electron chi connectivity index (χ1n) is 3.52. The van der Waals surface area contributed by atoms with E-state index < -0.39 is 32.9 Å². The second-order valence-corrected chi connectivity index (χ2v) is 8.09. The summed E-state index contributed by atoms with van der Waals surface area (Å²) in [7, 11) is 1.68. The lowest BCUT2D eigenvalue weighted by molar-refractivity contribution is 0.608. The van der Waals surface area contributed by atoms with E-state index in [-0.39, 0.29) is 5.69 Å². The van der Waals surface area contributed by atoms with Gasteiger partial charge in [-0.2, -0.15) is 0 Å². The van der Waals surface area contributed by atoms with Gasteiger partial charge in [0.15, 0.2) is 0 Å². The van der Waals surface area contributed by atoms with Crippen molar-refractivity contribution < 1.29 is 16.8 Å². The molecule has 0 aliphatic carbocycles. The summed E-state index contributed by atoms with van der Waals surface area (Å²) in [5.41, 5.74) is 5.07. The topological polar surface area (TPSA) is 94.3 Å². The third kappa shape index (κ3) is 2.72. The van der Waals surface area contributed by atoms with Gasteiger partial charge >= 0.3 is 0 Å². The highest BCUT2D eigenvalue weighted by Crippen LogP contribution is 2.36. The van der Waals surface area contributed by atoms with Gasteiger partial charge in [-0.1, -0.05) is 11.6 Å². The number of hydrogen-bond acceptors (Lipinski definition) is 5. The average molecular weight is 325 g/mol. The van der Waals surface area contributed by atoms with Crippen LogP contribution in [0.4, 0.5) is 5.69 Å². The van der Waals surface area contributed by atoms with Crippen LogP contribution in [0.15, 0.2) is 21.9 Å². The molecule has 0 saturated heterocycles. The lowest BCUT2D eigenvalue weighted by Crippen LogP contribution is -2.03. The van der Waals surface area contributed by atoms with Crippen molar-refractivity contribution in [2.45, 2.75) is 9.79 Å². The van der Waals surface area contributed by atoms with Crippen LogP contribution in [0.3, 0.4) is 0 Å². The largest absolute Gasteiger partial charge is 0.398 e. The van der Waals surface area contributed by atoms with E-state index in [1.165, 1.54) is 0 Å². The summed E-state index contributed by atoms with van der Waals surface area (Å²) in [5.74, 6) is 0. The molecular weight excluding hydrogens is 321 g/mol. The number of hydrogen-bond donors (Lipinski definition) is 1. The van der Waals surface area contributed by atoms with Crippen molar-refractivity contribution >= 4 is 56.8 Å². The first-order chi connectivity index (χ1) is 7.05. The van der Waals surface area contributed by atoms with Crippen LogP contribution in [0, 0.1) is 0 Å².